The lowest BCUT2D eigenvalue weighted by atomic mass is 10.1. The number of halogens is 2. The molecule has 0 radical (unpaired) electrons. The van der Waals surface area contributed by atoms with Gasteiger partial charge in [0.25, 0.3) is 11.1 Å². The zero-order chi connectivity index (χ0) is 21.8. The first kappa shape index (κ1) is 20.8. The van der Waals surface area contributed by atoms with Gasteiger partial charge in [0.2, 0.25) is 0 Å². The van der Waals surface area contributed by atoms with Crippen LogP contribution < -0.4 is 4.74 Å². The van der Waals surface area contributed by atoms with Crippen molar-refractivity contribution in [1.82, 2.24) is 4.90 Å². The summed E-state index contributed by atoms with van der Waals surface area (Å²) in [6.07, 6.45) is 1.62. The lowest BCUT2D eigenvalue weighted by Crippen LogP contribution is -2.27. The molecule has 0 unspecified atom stereocenters. The number of carbonyl (C=O) groups excluding carboxylic acids is 2. The first-order valence-electron chi connectivity index (χ1n) is 9.46. The SMILES string of the molecule is O=C1S/C(=C\c2ccccc2OCc2ccc(F)cc2)C(=O)N1Cc1ccc(F)cc1. The number of hydrogen-bond donors (Lipinski definition) is 0. The Morgan fingerprint density at radius 2 is 1.45 bits per heavy atom. The minimum Gasteiger partial charge on any atom is -0.488 e. The minimum atomic E-state index is -0.410. The van der Waals surface area contributed by atoms with E-state index in [1.807, 2.05) is 0 Å². The molecule has 31 heavy (non-hydrogen) atoms. The van der Waals surface area contributed by atoms with Crippen molar-refractivity contribution in [2.75, 3.05) is 0 Å². The second-order valence-electron chi connectivity index (χ2n) is 6.85. The third-order valence-corrected chi connectivity index (χ3v) is 5.55. The molecule has 0 bridgehead atoms. The summed E-state index contributed by atoms with van der Waals surface area (Å²) in [4.78, 5) is 26.6. The maximum absolute atomic E-state index is 13.1. The van der Waals surface area contributed by atoms with E-state index in [0.29, 0.717) is 16.9 Å². The van der Waals surface area contributed by atoms with E-state index >= 15 is 0 Å². The predicted octanol–water partition coefficient (Wildman–Crippen LogP) is 5.78. The van der Waals surface area contributed by atoms with E-state index in [1.54, 1.807) is 54.6 Å². The number of ether oxygens (including phenoxy) is 1. The van der Waals surface area contributed by atoms with Crippen LogP contribution in [0, 0.1) is 11.6 Å². The van der Waals surface area contributed by atoms with Gasteiger partial charge in [0, 0.05) is 5.56 Å². The average molecular weight is 437 g/mol. The van der Waals surface area contributed by atoms with E-state index < -0.39 is 5.91 Å². The van der Waals surface area contributed by atoms with Crippen LogP contribution >= 0.6 is 11.8 Å². The van der Waals surface area contributed by atoms with Gasteiger partial charge >= 0.3 is 0 Å². The molecule has 1 heterocycles. The molecule has 1 aliphatic rings. The smallest absolute Gasteiger partial charge is 0.293 e. The maximum atomic E-state index is 13.1. The van der Waals surface area contributed by atoms with Crippen molar-refractivity contribution in [3.63, 3.8) is 0 Å². The molecule has 1 saturated heterocycles. The van der Waals surface area contributed by atoms with Crippen molar-refractivity contribution in [2.24, 2.45) is 0 Å². The Balaban J connectivity index is 1.50. The molecule has 3 aromatic rings. The number of amides is 2. The van der Waals surface area contributed by atoms with Gasteiger partial charge in [-0.25, -0.2) is 8.78 Å². The van der Waals surface area contributed by atoms with Gasteiger partial charge in [-0.15, -0.1) is 0 Å². The number of rotatable bonds is 6. The molecule has 4 rings (SSSR count). The molecule has 0 aliphatic carbocycles. The molecular weight excluding hydrogens is 420 g/mol. The first-order valence-corrected chi connectivity index (χ1v) is 10.3. The van der Waals surface area contributed by atoms with Crippen molar-refractivity contribution in [3.05, 3.63) is 106 Å². The summed E-state index contributed by atoms with van der Waals surface area (Å²) in [7, 11) is 0. The number of thioether (sulfide) groups is 1. The second-order valence-corrected chi connectivity index (χ2v) is 7.84. The molecule has 4 nitrogen and oxygen atoms in total. The fourth-order valence-corrected chi connectivity index (χ4v) is 3.85. The largest absolute Gasteiger partial charge is 0.488 e. The molecule has 156 valence electrons. The predicted molar refractivity (Wildman–Crippen MR) is 115 cm³/mol. The van der Waals surface area contributed by atoms with Crippen molar-refractivity contribution in [3.8, 4) is 5.75 Å². The summed E-state index contributed by atoms with van der Waals surface area (Å²) >= 11 is 0.851. The van der Waals surface area contributed by atoms with Crippen LogP contribution in [-0.4, -0.2) is 16.0 Å². The summed E-state index contributed by atoms with van der Waals surface area (Å²) in [5, 5.41) is -0.384. The van der Waals surface area contributed by atoms with E-state index in [9.17, 15) is 18.4 Å². The first-order chi connectivity index (χ1) is 15.0. The third kappa shape index (κ3) is 5.00. The Hall–Kier alpha value is -3.45. The highest BCUT2D eigenvalue weighted by atomic mass is 32.2. The van der Waals surface area contributed by atoms with Crippen LogP contribution in [0.25, 0.3) is 6.08 Å². The standard InChI is InChI=1S/C24H17F2NO3S/c25-19-9-5-16(6-10-19)14-27-23(28)22(31-24(27)29)13-18-3-1-2-4-21(18)30-15-17-7-11-20(26)12-8-17/h1-13H,14-15H2/b22-13-. The summed E-state index contributed by atoms with van der Waals surface area (Å²) in [6, 6.07) is 18.8. The van der Waals surface area contributed by atoms with Crippen LogP contribution in [0.5, 0.6) is 5.75 Å². The van der Waals surface area contributed by atoms with Gasteiger partial charge in [0.05, 0.1) is 11.4 Å². The van der Waals surface area contributed by atoms with E-state index in [0.717, 1.165) is 22.2 Å². The van der Waals surface area contributed by atoms with Crippen LogP contribution in [0.1, 0.15) is 16.7 Å². The number of benzene rings is 3. The van der Waals surface area contributed by atoms with E-state index in [2.05, 4.69) is 0 Å². The summed E-state index contributed by atoms with van der Waals surface area (Å²) in [5.41, 5.74) is 2.11. The number of para-hydroxylation sites is 1. The molecule has 0 N–H and O–H groups in total. The summed E-state index contributed by atoms with van der Waals surface area (Å²) in [5.74, 6) is -0.569. The van der Waals surface area contributed by atoms with Crippen LogP contribution in [0.3, 0.4) is 0 Å². The molecule has 0 aromatic heterocycles. The molecule has 3 aromatic carbocycles. The van der Waals surface area contributed by atoms with Crippen molar-refractivity contribution >= 4 is 29.0 Å². The van der Waals surface area contributed by atoms with Crippen LogP contribution in [0.2, 0.25) is 0 Å². The van der Waals surface area contributed by atoms with E-state index in [1.165, 1.54) is 24.3 Å². The lowest BCUT2D eigenvalue weighted by molar-refractivity contribution is -0.123. The van der Waals surface area contributed by atoms with Crippen molar-refractivity contribution in [2.45, 2.75) is 13.2 Å². The second kappa shape index (κ2) is 9.14. The minimum absolute atomic E-state index is 0.0744. The topological polar surface area (TPSA) is 46.6 Å². The fraction of sp³-hybridized carbons (Fsp3) is 0.0833. The van der Waals surface area contributed by atoms with Crippen molar-refractivity contribution in [1.29, 1.82) is 0 Å². The third-order valence-electron chi connectivity index (χ3n) is 4.64. The highest BCUT2D eigenvalue weighted by Crippen LogP contribution is 2.35. The van der Waals surface area contributed by atoms with Gasteiger partial charge < -0.3 is 4.74 Å². The van der Waals surface area contributed by atoms with Gasteiger partial charge in [-0.3, -0.25) is 14.5 Å². The number of carbonyl (C=O) groups is 2. The van der Waals surface area contributed by atoms with Crippen LogP contribution in [0.4, 0.5) is 13.6 Å². The average Bonchev–Trinajstić information content (AvgIpc) is 3.03. The van der Waals surface area contributed by atoms with Gasteiger partial charge in [0.15, 0.2) is 0 Å². The Morgan fingerprint density at radius 3 is 2.13 bits per heavy atom. The van der Waals surface area contributed by atoms with Crippen LogP contribution in [-0.2, 0) is 17.9 Å². The van der Waals surface area contributed by atoms with Gasteiger partial charge in [-0.05, 0) is 59.3 Å². The molecule has 0 saturated carbocycles. The van der Waals surface area contributed by atoms with E-state index in [-0.39, 0.29) is 34.9 Å². The molecule has 7 heteroatoms. The number of imide groups is 1. The molecule has 2 amide bonds. The van der Waals surface area contributed by atoms with Crippen LogP contribution in [0.15, 0.2) is 77.7 Å². The van der Waals surface area contributed by atoms with Crippen molar-refractivity contribution < 1.29 is 23.1 Å². The van der Waals surface area contributed by atoms with E-state index in [4.69, 9.17) is 4.74 Å². The molecular formula is C24H17F2NO3S. The van der Waals surface area contributed by atoms with Gasteiger partial charge in [0.1, 0.15) is 24.0 Å². The Bertz CT molecular complexity index is 1140. The summed E-state index contributed by atoms with van der Waals surface area (Å²) < 4.78 is 32.0. The monoisotopic (exact) mass is 437 g/mol. The number of hydrogen-bond acceptors (Lipinski definition) is 4. The highest BCUT2D eigenvalue weighted by molar-refractivity contribution is 8.18. The Labute approximate surface area is 182 Å². The summed E-state index contributed by atoms with van der Waals surface area (Å²) in [6.45, 7) is 0.308. The Morgan fingerprint density at radius 1 is 0.839 bits per heavy atom. The molecule has 0 atom stereocenters. The normalized spacial score (nSPS) is 15.0. The zero-order valence-electron chi connectivity index (χ0n) is 16.3. The van der Waals surface area contributed by atoms with Gasteiger partial charge in [-0.2, -0.15) is 0 Å². The molecule has 1 aliphatic heterocycles. The maximum Gasteiger partial charge on any atom is 0.293 e. The quantitative estimate of drug-likeness (QED) is 0.459. The molecule has 0 spiro atoms. The lowest BCUT2D eigenvalue weighted by Gasteiger charge is -2.12. The zero-order valence-corrected chi connectivity index (χ0v) is 17.1. The fourth-order valence-electron chi connectivity index (χ4n) is 3.02. The highest BCUT2D eigenvalue weighted by Gasteiger charge is 2.35. The number of nitrogens with zero attached hydrogens (tertiary/aromatic N) is 1. The Kier molecular flexibility index (Phi) is 6.13. The molecule has 1 fully saturated rings. The van der Waals surface area contributed by atoms with Gasteiger partial charge in [-0.1, -0.05) is 42.5 Å².